The van der Waals surface area contributed by atoms with Gasteiger partial charge in [0.25, 0.3) is 0 Å². The first-order valence-electron chi connectivity index (χ1n) is 14.0. The summed E-state index contributed by atoms with van der Waals surface area (Å²) in [5.74, 6) is 2.44. The van der Waals surface area contributed by atoms with Crippen LogP contribution in [-0.2, 0) is 26.5 Å². The molecule has 4 atom stereocenters. The van der Waals surface area contributed by atoms with Gasteiger partial charge >= 0.3 is 0 Å². The highest BCUT2D eigenvalue weighted by Crippen LogP contribution is 2.47. The molecule has 36 heavy (non-hydrogen) atoms. The highest BCUT2D eigenvalue weighted by molar-refractivity contribution is 6.74. The molecule has 0 saturated heterocycles. The third-order valence-corrected chi connectivity index (χ3v) is 18.9. The minimum atomic E-state index is -1.96. The molecule has 2 aliphatic carbocycles. The molecule has 0 radical (unpaired) electrons. The summed E-state index contributed by atoms with van der Waals surface area (Å²) in [6.07, 6.45) is 4.50. The molecule has 0 heterocycles. The minimum absolute atomic E-state index is 0.0443. The third-order valence-electron chi connectivity index (χ3n) is 9.87. The van der Waals surface area contributed by atoms with Gasteiger partial charge in [0, 0.05) is 12.3 Å². The molecule has 2 aliphatic rings. The molecule has 3 rings (SSSR count). The smallest absolute Gasteiger partial charge is 0.192 e. The van der Waals surface area contributed by atoms with Crippen molar-refractivity contribution in [2.24, 2.45) is 17.8 Å². The zero-order valence-electron chi connectivity index (χ0n) is 24.9. The number of fused-ring (bicyclic) bond motifs is 2. The predicted octanol–water partition coefficient (Wildman–Crippen LogP) is 7.81. The molecule has 0 amide bonds. The van der Waals surface area contributed by atoms with Gasteiger partial charge in [-0.15, -0.1) is 0 Å². The summed E-state index contributed by atoms with van der Waals surface area (Å²) in [5, 5.41) is 0.308. The lowest BCUT2D eigenvalue weighted by molar-refractivity contribution is -0.121. The van der Waals surface area contributed by atoms with Gasteiger partial charge < -0.3 is 13.6 Å². The molecule has 204 valence electrons. The maximum atomic E-state index is 13.3. The molecule has 1 saturated carbocycles. The Labute approximate surface area is 223 Å². The van der Waals surface area contributed by atoms with E-state index < -0.39 is 16.6 Å². The van der Waals surface area contributed by atoms with Gasteiger partial charge in [-0.05, 0) is 91.0 Å². The number of carbonyl (C=O) groups excluding carboxylic acids is 1. The van der Waals surface area contributed by atoms with Gasteiger partial charge in [-0.2, -0.15) is 0 Å². The summed E-state index contributed by atoms with van der Waals surface area (Å²) < 4.78 is 19.2. The molecule has 1 aromatic rings. The van der Waals surface area contributed by atoms with Crippen molar-refractivity contribution in [3.63, 3.8) is 0 Å². The van der Waals surface area contributed by atoms with E-state index in [1.165, 1.54) is 11.1 Å². The van der Waals surface area contributed by atoms with Gasteiger partial charge in [0.05, 0.1) is 19.8 Å². The Morgan fingerprint density at radius 1 is 0.944 bits per heavy atom. The molecule has 0 aliphatic heterocycles. The number of ether oxygens (including phenoxy) is 1. The first kappa shape index (κ1) is 29.6. The summed E-state index contributed by atoms with van der Waals surface area (Å²) in [7, 11) is -2.09. The highest BCUT2D eigenvalue weighted by Gasteiger charge is 2.46. The molecule has 1 unspecified atom stereocenters. The van der Waals surface area contributed by atoms with E-state index in [0.717, 1.165) is 31.4 Å². The van der Waals surface area contributed by atoms with Crippen molar-refractivity contribution in [1.29, 1.82) is 0 Å². The Balaban J connectivity index is 1.75. The fourth-order valence-corrected chi connectivity index (χ4v) is 7.84. The van der Waals surface area contributed by atoms with Crippen LogP contribution in [0.4, 0.5) is 0 Å². The highest BCUT2D eigenvalue weighted by atomic mass is 28.4. The second-order valence-electron chi connectivity index (χ2n) is 14.4. The summed E-state index contributed by atoms with van der Waals surface area (Å²) in [6, 6.07) is 6.37. The number of methoxy groups -OCH3 is 1. The summed E-state index contributed by atoms with van der Waals surface area (Å²) in [5.41, 5.74) is 2.68. The second kappa shape index (κ2) is 10.7. The lowest BCUT2D eigenvalue weighted by atomic mass is 9.73. The van der Waals surface area contributed by atoms with E-state index in [1.807, 2.05) is 0 Å². The Hall–Kier alpha value is -0.956. The third kappa shape index (κ3) is 6.36. The molecule has 0 bridgehead atoms. The maximum absolute atomic E-state index is 13.3. The van der Waals surface area contributed by atoms with Gasteiger partial charge in [0.15, 0.2) is 16.6 Å². The molecular weight excluding hydrogens is 480 g/mol. The van der Waals surface area contributed by atoms with Gasteiger partial charge in [-0.1, -0.05) is 53.7 Å². The van der Waals surface area contributed by atoms with Gasteiger partial charge in [-0.25, -0.2) is 0 Å². The fourth-order valence-electron chi connectivity index (χ4n) is 5.43. The van der Waals surface area contributed by atoms with Gasteiger partial charge in [0.1, 0.15) is 11.5 Å². The van der Waals surface area contributed by atoms with E-state index in [-0.39, 0.29) is 22.1 Å². The number of hydrogen-bond acceptors (Lipinski definition) is 4. The van der Waals surface area contributed by atoms with Crippen LogP contribution >= 0.6 is 0 Å². The molecule has 0 N–H and O–H groups in total. The SMILES string of the molecule is COc1cccc2c1C[C@H]1CC(=O)C(CC[C@H](CO[Si](C)(C)C(C)(C)C)O[Si](C)(C)C(C)(C)C)[C@H]1C2. The predicted molar refractivity (Wildman–Crippen MR) is 155 cm³/mol. The number of rotatable bonds is 9. The summed E-state index contributed by atoms with van der Waals surface area (Å²) >= 11 is 0. The minimum Gasteiger partial charge on any atom is -0.496 e. The topological polar surface area (TPSA) is 44.8 Å². The van der Waals surface area contributed by atoms with Crippen LogP contribution in [0.2, 0.25) is 36.3 Å². The van der Waals surface area contributed by atoms with Crippen LogP contribution < -0.4 is 4.74 Å². The standard InChI is InChI=1S/C30H52O4Si2/c1-29(2,3)35(8,9)33-20-23(34-36(10,11)30(4,5)6)15-16-24-25-17-21-13-12-14-28(32-7)26(21)18-22(25)19-27(24)31/h12-14,22-25H,15-20H2,1-11H3/t22-,23+,24?,25-/m0/s1. The van der Waals surface area contributed by atoms with E-state index in [2.05, 4.69) is 85.9 Å². The number of Topliss-reactive ketones (excluding diaryl/α,β-unsaturated/α-hetero) is 1. The number of benzene rings is 1. The van der Waals surface area contributed by atoms with Gasteiger partial charge in [-0.3, -0.25) is 4.79 Å². The first-order chi connectivity index (χ1) is 16.5. The van der Waals surface area contributed by atoms with E-state index in [1.54, 1.807) is 7.11 Å². The zero-order valence-corrected chi connectivity index (χ0v) is 26.9. The van der Waals surface area contributed by atoms with Crippen LogP contribution in [-0.4, -0.2) is 42.2 Å². The molecular formula is C30H52O4Si2. The second-order valence-corrected chi connectivity index (χ2v) is 23.9. The molecule has 0 spiro atoms. The van der Waals surface area contributed by atoms with Crippen molar-refractivity contribution in [3.05, 3.63) is 29.3 Å². The number of carbonyl (C=O) groups is 1. The van der Waals surface area contributed by atoms with E-state index in [9.17, 15) is 4.79 Å². The van der Waals surface area contributed by atoms with E-state index in [4.69, 9.17) is 13.6 Å². The molecule has 1 fully saturated rings. The number of ketones is 1. The molecule has 6 heteroatoms. The average molecular weight is 533 g/mol. The maximum Gasteiger partial charge on any atom is 0.192 e. The quantitative estimate of drug-likeness (QED) is 0.304. The Morgan fingerprint density at radius 2 is 1.58 bits per heavy atom. The van der Waals surface area contributed by atoms with Crippen LogP contribution in [0.15, 0.2) is 18.2 Å². The largest absolute Gasteiger partial charge is 0.496 e. The Morgan fingerprint density at radius 3 is 2.17 bits per heavy atom. The van der Waals surface area contributed by atoms with Crippen LogP contribution in [0.3, 0.4) is 0 Å². The van der Waals surface area contributed by atoms with E-state index in [0.29, 0.717) is 30.6 Å². The normalized spacial score (nSPS) is 23.9. The summed E-state index contributed by atoms with van der Waals surface area (Å²) in [6.45, 7) is 23.7. The van der Waals surface area contributed by atoms with Crippen LogP contribution in [0.5, 0.6) is 5.75 Å². The monoisotopic (exact) mass is 532 g/mol. The summed E-state index contributed by atoms with van der Waals surface area (Å²) in [4.78, 5) is 13.3. The fraction of sp³-hybridized carbons (Fsp3) is 0.767. The Bertz CT molecular complexity index is 926. The lowest BCUT2D eigenvalue weighted by Gasteiger charge is -2.42. The van der Waals surface area contributed by atoms with Crippen molar-refractivity contribution < 1.29 is 18.4 Å². The van der Waals surface area contributed by atoms with Crippen LogP contribution in [0.25, 0.3) is 0 Å². The van der Waals surface area contributed by atoms with Crippen LogP contribution in [0, 0.1) is 17.8 Å². The van der Waals surface area contributed by atoms with Crippen LogP contribution in [0.1, 0.15) is 71.9 Å². The van der Waals surface area contributed by atoms with E-state index >= 15 is 0 Å². The first-order valence-corrected chi connectivity index (χ1v) is 19.8. The van der Waals surface area contributed by atoms with Crippen molar-refractivity contribution >= 4 is 22.4 Å². The van der Waals surface area contributed by atoms with Crippen molar-refractivity contribution in [2.75, 3.05) is 13.7 Å². The zero-order chi connectivity index (χ0) is 27.1. The molecule has 1 aromatic carbocycles. The lowest BCUT2D eigenvalue weighted by Crippen LogP contribution is -2.48. The molecule has 4 nitrogen and oxygen atoms in total. The van der Waals surface area contributed by atoms with Gasteiger partial charge in [0.2, 0.25) is 0 Å². The Kier molecular flexibility index (Phi) is 8.77. The molecule has 0 aromatic heterocycles. The van der Waals surface area contributed by atoms with Crippen molar-refractivity contribution in [3.8, 4) is 5.75 Å². The average Bonchev–Trinajstić information content (AvgIpc) is 3.05. The van der Waals surface area contributed by atoms with Crippen molar-refractivity contribution in [1.82, 2.24) is 0 Å². The van der Waals surface area contributed by atoms with Crippen molar-refractivity contribution in [2.45, 2.75) is 116 Å². The number of hydrogen-bond donors (Lipinski definition) is 0.